The third kappa shape index (κ3) is 6.51. The molecule has 0 amide bonds. The number of hydrogen-bond donors (Lipinski definition) is 0. The molecule has 1 aromatic carbocycles. The van der Waals surface area contributed by atoms with Gasteiger partial charge in [-0.25, -0.2) is 13.2 Å². The van der Waals surface area contributed by atoms with Gasteiger partial charge in [0.25, 0.3) is 0 Å². The summed E-state index contributed by atoms with van der Waals surface area (Å²) in [4.78, 5) is 11.3. The molecule has 0 saturated heterocycles. The highest BCUT2D eigenvalue weighted by molar-refractivity contribution is 5.81. The molecule has 0 saturated carbocycles. The monoisotopic (exact) mass is 346 g/mol. The van der Waals surface area contributed by atoms with Crippen LogP contribution in [0.3, 0.4) is 0 Å². The molecule has 6 heteroatoms. The summed E-state index contributed by atoms with van der Waals surface area (Å²) in [6, 6.07) is 2.38. The van der Waals surface area contributed by atoms with Crippen molar-refractivity contribution in [2.24, 2.45) is 5.92 Å². The number of hydrogen-bond acceptors (Lipinski definition) is 3. The Morgan fingerprint density at radius 2 is 1.71 bits per heavy atom. The molecule has 0 heterocycles. The van der Waals surface area contributed by atoms with Gasteiger partial charge in [-0.2, -0.15) is 0 Å². The van der Waals surface area contributed by atoms with Crippen LogP contribution in [0.15, 0.2) is 12.1 Å². The highest BCUT2D eigenvalue weighted by Crippen LogP contribution is 2.27. The lowest BCUT2D eigenvalue weighted by Crippen LogP contribution is -2.19. The number of ether oxygens (including phenoxy) is 2. The molecule has 1 rings (SSSR count). The van der Waals surface area contributed by atoms with Gasteiger partial charge in [-0.3, -0.25) is 4.79 Å². The quantitative estimate of drug-likeness (QED) is 0.588. The van der Waals surface area contributed by atoms with Gasteiger partial charge in [-0.1, -0.05) is 27.7 Å². The average molecular weight is 346 g/mol. The third-order valence-corrected chi connectivity index (χ3v) is 3.56. The van der Waals surface area contributed by atoms with Crippen molar-refractivity contribution < 1.29 is 27.4 Å². The van der Waals surface area contributed by atoms with Gasteiger partial charge < -0.3 is 9.47 Å². The maximum absolute atomic E-state index is 13.8. The van der Waals surface area contributed by atoms with Crippen LogP contribution < -0.4 is 4.74 Å². The lowest BCUT2D eigenvalue weighted by Gasteiger charge is -2.14. The standard InChI is InChI=1S/C18H25F3O3/c1-11(2)13-7-15(20)18(16(21)8-13)24-9-14(19)5-6-23-10-17(22)12(3)4/h7-8,11-12,14H,5-6,9-10H2,1-4H3. The van der Waals surface area contributed by atoms with Crippen molar-refractivity contribution >= 4 is 5.78 Å². The molecule has 0 N–H and O–H groups in total. The topological polar surface area (TPSA) is 35.5 Å². The Morgan fingerprint density at radius 3 is 2.21 bits per heavy atom. The molecule has 0 radical (unpaired) electrons. The lowest BCUT2D eigenvalue weighted by molar-refractivity contribution is -0.126. The van der Waals surface area contributed by atoms with Crippen LogP contribution in [0.5, 0.6) is 5.75 Å². The summed E-state index contributed by atoms with van der Waals surface area (Å²) in [5.74, 6) is -2.47. The molecule has 0 aliphatic heterocycles. The molecule has 1 aromatic rings. The van der Waals surface area contributed by atoms with Gasteiger partial charge >= 0.3 is 0 Å². The number of ketones is 1. The summed E-state index contributed by atoms with van der Waals surface area (Å²) in [6.45, 7) is 6.64. The van der Waals surface area contributed by atoms with E-state index >= 15 is 0 Å². The van der Waals surface area contributed by atoms with E-state index in [1.165, 1.54) is 12.1 Å². The highest BCUT2D eigenvalue weighted by atomic mass is 19.1. The zero-order valence-corrected chi connectivity index (χ0v) is 14.6. The van der Waals surface area contributed by atoms with Crippen molar-refractivity contribution in [3.8, 4) is 5.75 Å². The molecular formula is C18H25F3O3. The van der Waals surface area contributed by atoms with Crippen molar-refractivity contribution in [2.75, 3.05) is 19.8 Å². The number of Topliss-reactive ketones (excluding diaryl/α,β-unsaturated/α-hetero) is 1. The van der Waals surface area contributed by atoms with Crippen molar-refractivity contribution in [2.45, 2.75) is 46.2 Å². The summed E-state index contributed by atoms with van der Waals surface area (Å²) >= 11 is 0. The van der Waals surface area contributed by atoms with Gasteiger partial charge in [-0.15, -0.1) is 0 Å². The Kier molecular flexibility index (Phi) is 8.25. The maximum Gasteiger partial charge on any atom is 0.190 e. The first-order valence-electron chi connectivity index (χ1n) is 8.08. The molecular weight excluding hydrogens is 321 g/mol. The van der Waals surface area contributed by atoms with Crippen LogP contribution >= 0.6 is 0 Å². The van der Waals surface area contributed by atoms with E-state index in [9.17, 15) is 18.0 Å². The van der Waals surface area contributed by atoms with E-state index in [-0.39, 0.29) is 37.3 Å². The first-order chi connectivity index (χ1) is 11.2. The first kappa shape index (κ1) is 20.5. The summed E-state index contributed by atoms with van der Waals surface area (Å²) in [5.41, 5.74) is 0.511. The van der Waals surface area contributed by atoms with E-state index in [1.54, 1.807) is 13.8 Å². The zero-order valence-electron chi connectivity index (χ0n) is 14.6. The molecule has 0 aromatic heterocycles. The molecule has 1 atom stereocenters. The van der Waals surface area contributed by atoms with Gasteiger partial charge in [-0.05, 0) is 23.6 Å². The second-order valence-corrected chi connectivity index (χ2v) is 6.34. The fourth-order valence-corrected chi connectivity index (χ4v) is 1.86. The fourth-order valence-electron chi connectivity index (χ4n) is 1.86. The predicted octanol–water partition coefficient (Wildman–Crippen LogP) is 4.44. The summed E-state index contributed by atoms with van der Waals surface area (Å²) in [5, 5.41) is 0. The van der Waals surface area contributed by atoms with Crippen molar-refractivity contribution in [3.05, 3.63) is 29.3 Å². The van der Waals surface area contributed by atoms with E-state index < -0.39 is 30.2 Å². The molecule has 24 heavy (non-hydrogen) atoms. The van der Waals surface area contributed by atoms with Gasteiger partial charge in [0.15, 0.2) is 23.2 Å². The zero-order chi connectivity index (χ0) is 18.3. The number of carbonyl (C=O) groups excluding carboxylic acids is 1. The van der Waals surface area contributed by atoms with Crippen LogP contribution in [0.1, 0.15) is 45.6 Å². The Labute approximate surface area is 141 Å². The van der Waals surface area contributed by atoms with Gasteiger partial charge in [0.2, 0.25) is 0 Å². The minimum Gasteiger partial charge on any atom is -0.485 e. The smallest absolute Gasteiger partial charge is 0.190 e. The normalized spacial score (nSPS) is 12.7. The molecule has 0 aliphatic rings. The number of halogens is 3. The molecule has 0 spiro atoms. The van der Waals surface area contributed by atoms with Crippen LogP contribution in [-0.2, 0) is 9.53 Å². The summed E-state index contributed by atoms with van der Waals surface area (Å²) < 4.78 is 51.4. The Morgan fingerprint density at radius 1 is 1.12 bits per heavy atom. The predicted molar refractivity (Wildman–Crippen MR) is 86.1 cm³/mol. The Bertz CT molecular complexity index is 521. The minimum absolute atomic E-state index is 0.0152. The number of carbonyl (C=O) groups is 1. The molecule has 0 aliphatic carbocycles. The maximum atomic E-state index is 13.8. The average Bonchev–Trinajstić information content (AvgIpc) is 2.49. The van der Waals surface area contributed by atoms with E-state index in [0.717, 1.165) is 0 Å². The minimum atomic E-state index is -1.44. The SMILES string of the molecule is CC(C)C(=O)COCCC(F)COc1c(F)cc(C(C)C)cc1F. The van der Waals surface area contributed by atoms with Gasteiger partial charge in [0, 0.05) is 12.3 Å². The largest absolute Gasteiger partial charge is 0.485 e. The second kappa shape index (κ2) is 9.67. The van der Waals surface area contributed by atoms with Gasteiger partial charge in [0.05, 0.1) is 6.61 Å². The highest BCUT2D eigenvalue weighted by Gasteiger charge is 2.17. The molecule has 136 valence electrons. The van der Waals surface area contributed by atoms with E-state index in [1.807, 2.05) is 13.8 Å². The van der Waals surface area contributed by atoms with Crippen molar-refractivity contribution in [1.82, 2.24) is 0 Å². The van der Waals surface area contributed by atoms with Crippen LogP contribution in [0.25, 0.3) is 0 Å². The number of rotatable bonds is 10. The molecule has 3 nitrogen and oxygen atoms in total. The number of benzene rings is 1. The van der Waals surface area contributed by atoms with Gasteiger partial charge in [0.1, 0.15) is 19.4 Å². The Balaban J connectivity index is 2.42. The van der Waals surface area contributed by atoms with Crippen molar-refractivity contribution in [1.29, 1.82) is 0 Å². The lowest BCUT2D eigenvalue weighted by atomic mass is 10.0. The molecule has 0 bridgehead atoms. The van der Waals surface area contributed by atoms with E-state index in [4.69, 9.17) is 9.47 Å². The van der Waals surface area contributed by atoms with Crippen LogP contribution in [-0.4, -0.2) is 31.8 Å². The number of alkyl halides is 1. The van der Waals surface area contributed by atoms with Crippen LogP contribution in [0, 0.1) is 17.6 Å². The van der Waals surface area contributed by atoms with E-state index in [0.29, 0.717) is 5.56 Å². The third-order valence-electron chi connectivity index (χ3n) is 3.56. The summed E-state index contributed by atoms with van der Waals surface area (Å²) in [7, 11) is 0. The summed E-state index contributed by atoms with van der Waals surface area (Å²) in [6.07, 6.45) is -1.46. The van der Waals surface area contributed by atoms with E-state index in [2.05, 4.69) is 0 Å². The fraction of sp³-hybridized carbons (Fsp3) is 0.611. The second-order valence-electron chi connectivity index (χ2n) is 6.34. The first-order valence-corrected chi connectivity index (χ1v) is 8.08. The van der Waals surface area contributed by atoms with Crippen LogP contribution in [0.2, 0.25) is 0 Å². The van der Waals surface area contributed by atoms with Crippen molar-refractivity contribution in [3.63, 3.8) is 0 Å². The molecule has 1 unspecified atom stereocenters. The Hall–Kier alpha value is -1.56. The van der Waals surface area contributed by atoms with Crippen LogP contribution in [0.4, 0.5) is 13.2 Å². The molecule has 0 fully saturated rings.